The van der Waals surface area contributed by atoms with E-state index in [1.54, 1.807) is 0 Å². The van der Waals surface area contributed by atoms with E-state index < -0.39 is 33.0 Å². The van der Waals surface area contributed by atoms with Crippen LogP contribution >= 0.6 is 33.0 Å². The van der Waals surface area contributed by atoms with Gasteiger partial charge < -0.3 is 19.6 Å². The van der Waals surface area contributed by atoms with Crippen LogP contribution in [0.4, 0.5) is 0 Å². The SMILES string of the molecule is CCCCO[P+](=O)[O-].CCCCO[P+](=O)[O-].CCCCO[P+](=O)[O-].CCCCO[P+](=O)[O-].[Mo+4]. The Bertz CT molecular complexity index is 381. The summed E-state index contributed by atoms with van der Waals surface area (Å²) in [5.41, 5.74) is 0. The van der Waals surface area contributed by atoms with Crippen LogP contribution in [0.3, 0.4) is 0 Å². The standard InChI is InChI=1S/4C4H9O3P.Mo/c4*1-2-3-4-7-8(5)6;/h4*2-4H2,1H3;/q;;;;+4. The Morgan fingerprint density at radius 3 is 0.697 bits per heavy atom. The van der Waals surface area contributed by atoms with Crippen LogP contribution in [-0.4, -0.2) is 26.4 Å². The average molecular weight is 640 g/mol. The zero-order chi connectivity index (χ0) is 25.6. The molecule has 0 heterocycles. The number of rotatable bonds is 16. The quantitative estimate of drug-likeness (QED) is 0.136. The Morgan fingerprint density at radius 1 is 0.455 bits per heavy atom. The van der Waals surface area contributed by atoms with Crippen LogP contribution in [0, 0.1) is 0 Å². The van der Waals surface area contributed by atoms with Crippen molar-refractivity contribution in [2.45, 2.75) is 79.1 Å². The van der Waals surface area contributed by atoms with Crippen molar-refractivity contribution in [2.75, 3.05) is 26.4 Å². The van der Waals surface area contributed by atoms with E-state index in [4.69, 9.17) is 0 Å². The van der Waals surface area contributed by atoms with Crippen LogP contribution in [-0.2, 0) is 57.4 Å². The Balaban J connectivity index is -0.000000105. The van der Waals surface area contributed by atoms with E-state index in [1.807, 2.05) is 27.7 Å². The maximum Gasteiger partial charge on any atom is 4.00 e. The van der Waals surface area contributed by atoms with Gasteiger partial charge in [-0.2, -0.15) is 0 Å². The molecule has 194 valence electrons. The molecular weight excluding hydrogens is 604 g/mol. The van der Waals surface area contributed by atoms with Gasteiger partial charge in [0, 0.05) is 0 Å². The first-order valence-corrected chi connectivity index (χ1v) is 14.6. The first kappa shape index (κ1) is 43.8. The Labute approximate surface area is 215 Å². The van der Waals surface area contributed by atoms with Gasteiger partial charge in [0.05, 0.1) is 0 Å². The van der Waals surface area contributed by atoms with E-state index in [-0.39, 0.29) is 21.1 Å². The fraction of sp³-hybridized carbons (Fsp3) is 1.00. The minimum atomic E-state index is -2.61. The monoisotopic (exact) mass is 642 g/mol. The summed E-state index contributed by atoms with van der Waals surface area (Å²) < 4.78 is 55.7. The molecule has 0 fully saturated rings. The molecule has 0 amide bonds. The summed E-state index contributed by atoms with van der Waals surface area (Å²) in [6.45, 7) is 9.21. The van der Waals surface area contributed by atoms with E-state index in [0.717, 1.165) is 51.4 Å². The molecule has 0 aromatic heterocycles. The van der Waals surface area contributed by atoms with Gasteiger partial charge in [-0.15, -0.1) is 18.1 Å². The van der Waals surface area contributed by atoms with Crippen LogP contribution in [0.15, 0.2) is 0 Å². The van der Waals surface area contributed by atoms with Gasteiger partial charge in [-0.3, -0.25) is 0 Å². The third-order valence-corrected chi connectivity index (χ3v) is 4.35. The molecule has 0 radical (unpaired) electrons. The third-order valence-electron chi connectivity index (χ3n) is 2.78. The van der Waals surface area contributed by atoms with Crippen LogP contribution in [0.1, 0.15) is 79.1 Å². The van der Waals surface area contributed by atoms with Crippen molar-refractivity contribution in [1.82, 2.24) is 0 Å². The molecule has 0 saturated carbocycles. The zero-order valence-corrected chi connectivity index (χ0v) is 25.2. The molecule has 33 heavy (non-hydrogen) atoms. The average Bonchev–Trinajstić information content (AvgIpc) is 2.69. The molecule has 0 aliphatic heterocycles. The van der Waals surface area contributed by atoms with Gasteiger partial charge in [0.2, 0.25) is 0 Å². The van der Waals surface area contributed by atoms with E-state index in [0.29, 0.717) is 26.4 Å². The maximum atomic E-state index is 9.69. The first-order chi connectivity index (χ1) is 15.1. The molecule has 0 rings (SSSR count). The molecule has 12 nitrogen and oxygen atoms in total. The third kappa shape index (κ3) is 71.9. The number of unbranched alkanes of at least 4 members (excludes halogenated alkanes) is 4. The molecule has 0 aliphatic rings. The fourth-order valence-corrected chi connectivity index (χ4v) is 2.25. The summed E-state index contributed by atoms with van der Waals surface area (Å²) in [6, 6.07) is 0. The topological polar surface area (TPSA) is 197 Å². The molecule has 0 saturated heterocycles. The molecule has 0 aromatic carbocycles. The van der Waals surface area contributed by atoms with Crippen molar-refractivity contribution >= 4 is 33.0 Å². The molecule has 0 bridgehead atoms. The summed E-state index contributed by atoms with van der Waals surface area (Å²) in [5.74, 6) is 0. The van der Waals surface area contributed by atoms with Gasteiger partial charge in [0.1, 0.15) is 26.4 Å². The normalized spacial score (nSPS) is 11.2. The van der Waals surface area contributed by atoms with E-state index in [1.165, 1.54) is 0 Å². The van der Waals surface area contributed by atoms with Gasteiger partial charge >= 0.3 is 54.1 Å². The molecule has 0 spiro atoms. The predicted octanol–water partition coefficient (Wildman–Crippen LogP) is 3.28. The molecule has 0 aliphatic carbocycles. The van der Waals surface area contributed by atoms with Crippen LogP contribution in [0.5, 0.6) is 0 Å². The minimum absolute atomic E-state index is 0. The van der Waals surface area contributed by atoms with Crippen LogP contribution in [0.2, 0.25) is 0 Å². The van der Waals surface area contributed by atoms with Crippen molar-refractivity contribution in [3.05, 3.63) is 0 Å². The first-order valence-electron chi connectivity index (χ1n) is 10.2. The van der Waals surface area contributed by atoms with E-state index >= 15 is 0 Å². The Kier molecular flexibility index (Phi) is 53.1. The van der Waals surface area contributed by atoms with Gasteiger partial charge in [-0.1, -0.05) is 53.4 Å². The van der Waals surface area contributed by atoms with Gasteiger partial charge in [0.15, 0.2) is 0 Å². The number of hydrogen-bond acceptors (Lipinski definition) is 12. The fourth-order valence-electron chi connectivity index (χ4n) is 1.13. The maximum absolute atomic E-state index is 9.69. The molecule has 4 unspecified atom stereocenters. The van der Waals surface area contributed by atoms with Crippen molar-refractivity contribution in [1.29, 1.82) is 0 Å². The molecule has 4 atom stereocenters. The van der Waals surface area contributed by atoms with Crippen molar-refractivity contribution in [3.63, 3.8) is 0 Å². The van der Waals surface area contributed by atoms with Crippen molar-refractivity contribution in [3.8, 4) is 0 Å². The summed E-state index contributed by atoms with van der Waals surface area (Å²) in [7, 11) is -10.4. The molecule has 0 aromatic rings. The molecular formula is C16H36MoO12P4+4. The summed E-state index contributed by atoms with van der Waals surface area (Å²) in [4.78, 5) is 38.8. The van der Waals surface area contributed by atoms with Gasteiger partial charge in [0.25, 0.3) is 0 Å². The van der Waals surface area contributed by atoms with Crippen LogP contribution < -0.4 is 19.6 Å². The van der Waals surface area contributed by atoms with E-state index in [9.17, 15) is 37.8 Å². The largest absolute Gasteiger partial charge is 4.00 e. The smallest absolute Gasteiger partial charge is 0.566 e. The van der Waals surface area contributed by atoms with Crippen molar-refractivity contribution in [2.24, 2.45) is 0 Å². The summed E-state index contributed by atoms with van der Waals surface area (Å²) in [5, 5.41) is 0. The molecule has 0 N–H and O–H groups in total. The molecule has 17 heteroatoms. The summed E-state index contributed by atoms with van der Waals surface area (Å²) in [6.07, 6.45) is 7.08. The second-order valence-electron chi connectivity index (χ2n) is 5.64. The number of hydrogen-bond donors (Lipinski definition) is 0. The Morgan fingerprint density at radius 2 is 0.606 bits per heavy atom. The second-order valence-corrected chi connectivity index (χ2v) is 8.46. The van der Waals surface area contributed by atoms with Gasteiger partial charge in [-0.25, -0.2) is 0 Å². The Hall–Kier alpha value is 0.768. The predicted molar refractivity (Wildman–Crippen MR) is 114 cm³/mol. The zero-order valence-electron chi connectivity index (χ0n) is 19.6. The van der Waals surface area contributed by atoms with Crippen LogP contribution in [0.25, 0.3) is 0 Å². The second kappa shape index (κ2) is 40.0. The summed E-state index contributed by atoms with van der Waals surface area (Å²) >= 11 is 0. The minimum Gasteiger partial charge on any atom is -0.566 e. The van der Waals surface area contributed by atoms with Crippen molar-refractivity contribution < 1.29 is 77.0 Å². The van der Waals surface area contributed by atoms with Gasteiger partial charge in [-0.05, 0) is 43.9 Å². The van der Waals surface area contributed by atoms with E-state index in [2.05, 4.69) is 18.1 Å².